The minimum atomic E-state index is -0.377. The summed E-state index contributed by atoms with van der Waals surface area (Å²) >= 11 is 2.16. The Hall–Kier alpha value is -1.96. The first-order valence-electron chi connectivity index (χ1n) is 6.83. The van der Waals surface area contributed by atoms with E-state index < -0.39 is 0 Å². The van der Waals surface area contributed by atoms with Crippen LogP contribution in [0.3, 0.4) is 0 Å². The van der Waals surface area contributed by atoms with Gasteiger partial charge < -0.3 is 18.9 Å². The third-order valence-electron chi connectivity index (χ3n) is 3.15. The highest BCUT2D eigenvalue weighted by Crippen LogP contribution is 2.40. The highest BCUT2D eigenvalue weighted by Gasteiger charge is 2.18. The van der Waals surface area contributed by atoms with Crippen molar-refractivity contribution in [3.05, 3.63) is 45.5 Å². The Morgan fingerprint density at radius 2 is 1.74 bits per heavy atom. The Bertz CT molecular complexity index is 699. The maximum absolute atomic E-state index is 12.2. The number of carbonyl (C=O) groups is 1. The van der Waals surface area contributed by atoms with Crippen molar-refractivity contribution < 1.29 is 23.7 Å². The Labute approximate surface area is 148 Å². The minimum absolute atomic E-state index is 0.0645. The smallest absolute Gasteiger partial charge is 0.315 e. The predicted molar refractivity (Wildman–Crippen MR) is 94.6 cm³/mol. The summed E-state index contributed by atoms with van der Waals surface area (Å²) in [4.78, 5) is 12.2. The second-order valence-corrected chi connectivity index (χ2v) is 5.85. The zero-order chi connectivity index (χ0) is 16.8. The molecule has 0 aliphatic carbocycles. The number of methoxy groups -OCH3 is 3. The zero-order valence-corrected chi connectivity index (χ0v) is 15.2. The molecule has 5 nitrogen and oxygen atoms in total. The lowest BCUT2D eigenvalue weighted by molar-refractivity contribution is -0.133. The molecule has 0 radical (unpaired) electrons. The molecule has 0 aromatic heterocycles. The SMILES string of the molecule is COc1ccc(CC(=O)Oc2cccc(I)c2)c(OC)c1OC. The van der Waals surface area contributed by atoms with Gasteiger partial charge in [-0.1, -0.05) is 12.1 Å². The predicted octanol–water partition coefficient (Wildman–Crippen LogP) is 3.47. The second-order valence-electron chi connectivity index (χ2n) is 4.60. The molecule has 2 rings (SSSR count). The Morgan fingerprint density at radius 1 is 1.00 bits per heavy atom. The molecule has 0 bridgehead atoms. The van der Waals surface area contributed by atoms with Gasteiger partial charge in [0.05, 0.1) is 27.8 Å². The molecule has 0 atom stereocenters. The summed E-state index contributed by atoms with van der Waals surface area (Å²) in [5.74, 6) is 1.60. The van der Waals surface area contributed by atoms with E-state index in [1.165, 1.54) is 14.2 Å². The van der Waals surface area contributed by atoms with Crippen molar-refractivity contribution in [1.82, 2.24) is 0 Å². The molecule has 0 fully saturated rings. The molecule has 0 saturated heterocycles. The van der Waals surface area contributed by atoms with Crippen LogP contribution in [0.25, 0.3) is 0 Å². The van der Waals surface area contributed by atoms with Crippen molar-refractivity contribution in [3.8, 4) is 23.0 Å². The fraction of sp³-hybridized carbons (Fsp3) is 0.235. The van der Waals surface area contributed by atoms with E-state index in [0.29, 0.717) is 28.6 Å². The number of esters is 1. The molecule has 6 heteroatoms. The van der Waals surface area contributed by atoms with E-state index in [0.717, 1.165) is 3.57 Å². The average molecular weight is 428 g/mol. The number of carbonyl (C=O) groups excluding carboxylic acids is 1. The summed E-state index contributed by atoms with van der Waals surface area (Å²) in [6, 6.07) is 10.8. The van der Waals surface area contributed by atoms with Gasteiger partial charge in [-0.15, -0.1) is 0 Å². The third-order valence-corrected chi connectivity index (χ3v) is 3.82. The summed E-state index contributed by atoms with van der Waals surface area (Å²) in [7, 11) is 4.59. The minimum Gasteiger partial charge on any atom is -0.493 e. The van der Waals surface area contributed by atoms with Gasteiger partial charge in [-0.3, -0.25) is 4.79 Å². The molecule has 0 aliphatic heterocycles. The first kappa shape index (κ1) is 17.4. The Balaban J connectivity index is 2.20. The van der Waals surface area contributed by atoms with Gasteiger partial charge in [0.2, 0.25) is 5.75 Å². The first-order valence-corrected chi connectivity index (χ1v) is 7.91. The van der Waals surface area contributed by atoms with E-state index in [9.17, 15) is 4.79 Å². The summed E-state index contributed by atoms with van der Waals surface area (Å²) < 4.78 is 22.3. The summed E-state index contributed by atoms with van der Waals surface area (Å²) in [6.45, 7) is 0. The van der Waals surface area contributed by atoms with Crippen LogP contribution in [0.4, 0.5) is 0 Å². The quantitative estimate of drug-likeness (QED) is 0.401. The monoisotopic (exact) mass is 428 g/mol. The van der Waals surface area contributed by atoms with Gasteiger partial charge in [0.25, 0.3) is 0 Å². The van der Waals surface area contributed by atoms with Crippen LogP contribution in [0.1, 0.15) is 5.56 Å². The fourth-order valence-electron chi connectivity index (χ4n) is 2.16. The highest BCUT2D eigenvalue weighted by atomic mass is 127. The van der Waals surface area contributed by atoms with Crippen LogP contribution in [0, 0.1) is 3.57 Å². The van der Waals surface area contributed by atoms with Gasteiger partial charge in [0.15, 0.2) is 11.5 Å². The van der Waals surface area contributed by atoms with Crippen LogP contribution in [0.2, 0.25) is 0 Å². The van der Waals surface area contributed by atoms with Gasteiger partial charge in [0, 0.05) is 9.13 Å². The molecule has 2 aromatic rings. The molecule has 0 saturated carbocycles. The number of benzene rings is 2. The van der Waals surface area contributed by atoms with E-state index in [2.05, 4.69) is 22.6 Å². The molecule has 0 amide bonds. The average Bonchev–Trinajstić information content (AvgIpc) is 2.54. The lowest BCUT2D eigenvalue weighted by Crippen LogP contribution is -2.12. The number of rotatable bonds is 6. The Kier molecular flexibility index (Phi) is 6.09. The molecule has 122 valence electrons. The Morgan fingerprint density at radius 3 is 2.35 bits per heavy atom. The van der Waals surface area contributed by atoms with Gasteiger partial charge in [-0.05, 0) is 46.9 Å². The third kappa shape index (κ3) is 4.28. The van der Waals surface area contributed by atoms with E-state index >= 15 is 0 Å². The van der Waals surface area contributed by atoms with Crippen LogP contribution in [-0.2, 0) is 11.2 Å². The van der Waals surface area contributed by atoms with Crippen LogP contribution in [0.15, 0.2) is 36.4 Å². The van der Waals surface area contributed by atoms with Crippen LogP contribution in [-0.4, -0.2) is 27.3 Å². The van der Waals surface area contributed by atoms with E-state index in [1.54, 1.807) is 31.4 Å². The van der Waals surface area contributed by atoms with Crippen molar-refractivity contribution in [3.63, 3.8) is 0 Å². The molecule has 0 spiro atoms. The molecule has 0 unspecified atom stereocenters. The summed E-state index contributed by atoms with van der Waals surface area (Å²) in [5.41, 5.74) is 0.667. The molecule has 2 aromatic carbocycles. The van der Waals surface area contributed by atoms with Crippen molar-refractivity contribution >= 4 is 28.6 Å². The van der Waals surface area contributed by atoms with Crippen molar-refractivity contribution in [2.45, 2.75) is 6.42 Å². The standard InChI is InChI=1S/C17H17IO5/c1-20-14-8-7-11(16(21-2)17(14)22-3)9-15(19)23-13-6-4-5-12(18)10-13/h4-8,10H,9H2,1-3H3. The van der Waals surface area contributed by atoms with Gasteiger partial charge >= 0.3 is 5.97 Å². The number of ether oxygens (including phenoxy) is 4. The van der Waals surface area contributed by atoms with Crippen LogP contribution >= 0.6 is 22.6 Å². The molecule has 0 heterocycles. The van der Waals surface area contributed by atoms with Crippen molar-refractivity contribution in [1.29, 1.82) is 0 Å². The van der Waals surface area contributed by atoms with E-state index in [1.807, 2.05) is 12.1 Å². The molecule has 23 heavy (non-hydrogen) atoms. The van der Waals surface area contributed by atoms with Crippen LogP contribution < -0.4 is 18.9 Å². The van der Waals surface area contributed by atoms with Crippen LogP contribution in [0.5, 0.6) is 23.0 Å². The maximum Gasteiger partial charge on any atom is 0.315 e. The second kappa shape index (κ2) is 8.05. The van der Waals surface area contributed by atoms with E-state index in [4.69, 9.17) is 18.9 Å². The zero-order valence-electron chi connectivity index (χ0n) is 13.1. The number of halogens is 1. The fourth-order valence-corrected chi connectivity index (χ4v) is 2.67. The topological polar surface area (TPSA) is 54.0 Å². The van der Waals surface area contributed by atoms with Gasteiger partial charge in [-0.2, -0.15) is 0 Å². The van der Waals surface area contributed by atoms with E-state index in [-0.39, 0.29) is 12.4 Å². The summed E-state index contributed by atoms with van der Waals surface area (Å²) in [5, 5.41) is 0. The normalized spacial score (nSPS) is 10.1. The van der Waals surface area contributed by atoms with Crippen molar-refractivity contribution in [2.24, 2.45) is 0 Å². The lowest BCUT2D eigenvalue weighted by Gasteiger charge is -2.15. The molecular weight excluding hydrogens is 411 g/mol. The number of hydrogen-bond donors (Lipinski definition) is 0. The molecule has 0 aliphatic rings. The highest BCUT2D eigenvalue weighted by molar-refractivity contribution is 14.1. The summed E-state index contributed by atoms with van der Waals surface area (Å²) in [6.07, 6.45) is 0.0645. The number of hydrogen-bond acceptors (Lipinski definition) is 5. The molecule has 0 N–H and O–H groups in total. The molecular formula is C17H17IO5. The van der Waals surface area contributed by atoms with Gasteiger partial charge in [-0.25, -0.2) is 0 Å². The first-order chi connectivity index (χ1) is 11.1. The van der Waals surface area contributed by atoms with Crippen molar-refractivity contribution in [2.75, 3.05) is 21.3 Å². The maximum atomic E-state index is 12.2. The lowest BCUT2D eigenvalue weighted by atomic mass is 10.1. The largest absolute Gasteiger partial charge is 0.493 e. The van der Waals surface area contributed by atoms with Gasteiger partial charge in [0.1, 0.15) is 5.75 Å².